The van der Waals surface area contributed by atoms with Gasteiger partial charge in [0.15, 0.2) is 0 Å². The smallest absolute Gasteiger partial charge is 0.133 e. The molecule has 2 aromatic rings. The SMILES string of the molecule is Brc1ccccc1OCCSc1ccccc1. The van der Waals surface area contributed by atoms with E-state index in [2.05, 4.69) is 40.2 Å². The molecule has 0 heterocycles. The van der Waals surface area contributed by atoms with Gasteiger partial charge in [-0.1, -0.05) is 30.3 Å². The van der Waals surface area contributed by atoms with Crippen LogP contribution in [0, 0.1) is 0 Å². The Morgan fingerprint density at radius 3 is 2.41 bits per heavy atom. The first-order chi connectivity index (χ1) is 8.36. The van der Waals surface area contributed by atoms with E-state index < -0.39 is 0 Å². The number of thioether (sulfide) groups is 1. The van der Waals surface area contributed by atoms with Gasteiger partial charge in [-0.2, -0.15) is 0 Å². The van der Waals surface area contributed by atoms with Crippen LogP contribution < -0.4 is 4.74 Å². The molecule has 0 aliphatic heterocycles. The van der Waals surface area contributed by atoms with Crippen molar-refractivity contribution >= 4 is 27.7 Å². The van der Waals surface area contributed by atoms with Crippen molar-refractivity contribution in [2.24, 2.45) is 0 Å². The largest absolute Gasteiger partial charge is 0.492 e. The second-order valence-corrected chi connectivity index (χ2v) is 5.46. The summed E-state index contributed by atoms with van der Waals surface area (Å²) in [6.45, 7) is 0.710. The first-order valence-corrected chi connectivity index (χ1v) is 7.19. The predicted octanol–water partition coefficient (Wildman–Crippen LogP) is 4.62. The van der Waals surface area contributed by atoms with Gasteiger partial charge in [0.1, 0.15) is 5.75 Å². The molecule has 0 atom stereocenters. The zero-order valence-corrected chi connectivity index (χ0v) is 11.7. The van der Waals surface area contributed by atoms with E-state index in [1.165, 1.54) is 4.90 Å². The highest BCUT2D eigenvalue weighted by atomic mass is 79.9. The lowest BCUT2D eigenvalue weighted by atomic mass is 10.3. The van der Waals surface area contributed by atoms with Gasteiger partial charge in [0.2, 0.25) is 0 Å². The molecule has 0 radical (unpaired) electrons. The monoisotopic (exact) mass is 308 g/mol. The zero-order valence-electron chi connectivity index (χ0n) is 9.30. The van der Waals surface area contributed by atoms with Crippen molar-refractivity contribution in [3.8, 4) is 5.75 Å². The summed E-state index contributed by atoms with van der Waals surface area (Å²) in [5, 5.41) is 0. The molecular weight excluding hydrogens is 296 g/mol. The maximum atomic E-state index is 5.69. The van der Waals surface area contributed by atoms with E-state index in [4.69, 9.17) is 4.74 Å². The number of rotatable bonds is 5. The lowest BCUT2D eigenvalue weighted by Crippen LogP contribution is -2.00. The molecule has 3 heteroatoms. The van der Waals surface area contributed by atoms with Gasteiger partial charge < -0.3 is 4.74 Å². The number of para-hydroxylation sites is 1. The van der Waals surface area contributed by atoms with E-state index in [0.717, 1.165) is 16.0 Å². The normalized spacial score (nSPS) is 10.2. The topological polar surface area (TPSA) is 9.23 Å². The minimum atomic E-state index is 0.710. The van der Waals surface area contributed by atoms with E-state index in [-0.39, 0.29) is 0 Å². The molecule has 2 rings (SSSR count). The molecule has 0 spiro atoms. The van der Waals surface area contributed by atoms with Crippen LogP contribution in [0.4, 0.5) is 0 Å². The lowest BCUT2D eigenvalue weighted by Gasteiger charge is -2.07. The molecule has 17 heavy (non-hydrogen) atoms. The third-order valence-electron chi connectivity index (χ3n) is 2.19. The minimum Gasteiger partial charge on any atom is -0.492 e. The number of hydrogen-bond donors (Lipinski definition) is 0. The van der Waals surface area contributed by atoms with Crippen LogP contribution in [0.3, 0.4) is 0 Å². The first-order valence-electron chi connectivity index (χ1n) is 5.41. The van der Waals surface area contributed by atoms with Crippen LogP contribution in [0.15, 0.2) is 64.0 Å². The third-order valence-corrected chi connectivity index (χ3v) is 3.82. The van der Waals surface area contributed by atoms with Gasteiger partial charge in [0, 0.05) is 10.6 Å². The fourth-order valence-corrected chi connectivity index (χ4v) is 2.54. The molecule has 1 nitrogen and oxygen atoms in total. The Hall–Kier alpha value is -0.930. The Morgan fingerprint density at radius 2 is 1.65 bits per heavy atom. The highest BCUT2D eigenvalue weighted by Gasteiger charge is 1.99. The highest BCUT2D eigenvalue weighted by molar-refractivity contribution is 9.10. The summed E-state index contributed by atoms with van der Waals surface area (Å²) in [4.78, 5) is 1.28. The summed E-state index contributed by atoms with van der Waals surface area (Å²) in [5.41, 5.74) is 0. The second kappa shape index (κ2) is 6.72. The van der Waals surface area contributed by atoms with Crippen molar-refractivity contribution in [2.45, 2.75) is 4.90 Å². The summed E-state index contributed by atoms with van der Waals surface area (Å²) >= 11 is 5.27. The van der Waals surface area contributed by atoms with Gasteiger partial charge in [-0.15, -0.1) is 11.8 Å². The molecule has 2 aromatic carbocycles. The summed E-state index contributed by atoms with van der Waals surface area (Å²) in [7, 11) is 0. The lowest BCUT2D eigenvalue weighted by molar-refractivity contribution is 0.342. The Morgan fingerprint density at radius 1 is 0.941 bits per heavy atom. The molecule has 0 aromatic heterocycles. The Bertz CT molecular complexity index is 459. The Balaban J connectivity index is 1.76. The van der Waals surface area contributed by atoms with Crippen LogP contribution in [-0.4, -0.2) is 12.4 Å². The molecule has 0 fully saturated rings. The number of benzene rings is 2. The molecule has 0 aliphatic carbocycles. The van der Waals surface area contributed by atoms with Crippen molar-refractivity contribution in [1.82, 2.24) is 0 Å². The minimum absolute atomic E-state index is 0.710. The number of ether oxygens (including phenoxy) is 1. The maximum Gasteiger partial charge on any atom is 0.133 e. The fourth-order valence-electron chi connectivity index (χ4n) is 1.39. The summed E-state index contributed by atoms with van der Waals surface area (Å²) in [6, 6.07) is 18.3. The van der Waals surface area contributed by atoms with Crippen LogP contribution in [0.5, 0.6) is 5.75 Å². The van der Waals surface area contributed by atoms with Crippen molar-refractivity contribution in [2.75, 3.05) is 12.4 Å². The zero-order chi connectivity index (χ0) is 11.9. The highest BCUT2D eigenvalue weighted by Crippen LogP contribution is 2.24. The van der Waals surface area contributed by atoms with Gasteiger partial charge in [-0.05, 0) is 40.2 Å². The summed E-state index contributed by atoms with van der Waals surface area (Å²) in [6.07, 6.45) is 0. The van der Waals surface area contributed by atoms with Crippen LogP contribution in [0.25, 0.3) is 0 Å². The summed E-state index contributed by atoms with van der Waals surface area (Å²) < 4.78 is 6.70. The number of hydrogen-bond acceptors (Lipinski definition) is 2. The molecule has 0 saturated carbocycles. The maximum absolute atomic E-state index is 5.69. The van der Waals surface area contributed by atoms with Crippen LogP contribution in [-0.2, 0) is 0 Å². The molecule has 0 bridgehead atoms. The van der Waals surface area contributed by atoms with Crippen molar-refractivity contribution < 1.29 is 4.74 Å². The molecular formula is C14H13BrOS. The van der Waals surface area contributed by atoms with Gasteiger partial charge >= 0.3 is 0 Å². The van der Waals surface area contributed by atoms with E-state index in [9.17, 15) is 0 Å². The Kier molecular flexibility index (Phi) is 4.95. The van der Waals surface area contributed by atoms with Crippen molar-refractivity contribution in [1.29, 1.82) is 0 Å². The molecule has 0 unspecified atom stereocenters. The molecule has 0 saturated heterocycles. The quantitative estimate of drug-likeness (QED) is 0.589. The molecule has 88 valence electrons. The first kappa shape index (κ1) is 12.5. The standard InChI is InChI=1S/C14H13BrOS/c15-13-8-4-5-9-14(13)16-10-11-17-12-6-2-1-3-7-12/h1-9H,10-11H2. The average molecular weight is 309 g/mol. The number of halogens is 1. The van der Waals surface area contributed by atoms with Gasteiger partial charge in [-0.25, -0.2) is 0 Å². The van der Waals surface area contributed by atoms with Crippen molar-refractivity contribution in [3.05, 3.63) is 59.1 Å². The van der Waals surface area contributed by atoms with Crippen LogP contribution in [0.1, 0.15) is 0 Å². The van der Waals surface area contributed by atoms with E-state index in [1.54, 1.807) is 11.8 Å². The fraction of sp³-hybridized carbons (Fsp3) is 0.143. The Labute approximate surface area is 114 Å². The second-order valence-electron chi connectivity index (χ2n) is 3.44. The third kappa shape index (κ3) is 4.10. The van der Waals surface area contributed by atoms with Crippen molar-refractivity contribution in [3.63, 3.8) is 0 Å². The predicted molar refractivity (Wildman–Crippen MR) is 76.8 cm³/mol. The molecule has 0 N–H and O–H groups in total. The van der Waals surface area contributed by atoms with Gasteiger partial charge in [-0.3, -0.25) is 0 Å². The van der Waals surface area contributed by atoms with E-state index in [1.807, 2.05) is 30.3 Å². The van der Waals surface area contributed by atoms with E-state index >= 15 is 0 Å². The average Bonchev–Trinajstić information content (AvgIpc) is 2.38. The van der Waals surface area contributed by atoms with Gasteiger partial charge in [0.25, 0.3) is 0 Å². The molecule has 0 amide bonds. The summed E-state index contributed by atoms with van der Waals surface area (Å²) in [5.74, 6) is 1.85. The van der Waals surface area contributed by atoms with Gasteiger partial charge in [0.05, 0.1) is 11.1 Å². The van der Waals surface area contributed by atoms with Crippen LogP contribution >= 0.6 is 27.7 Å². The molecule has 0 aliphatic rings. The van der Waals surface area contributed by atoms with Crippen LogP contribution in [0.2, 0.25) is 0 Å². The van der Waals surface area contributed by atoms with E-state index in [0.29, 0.717) is 6.61 Å².